The van der Waals surface area contributed by atoms with Crippen LogP contribution in [0.3, 0.4) is 0 Å². The maximum absolute atomic E-state index is 11.5. The van der Waals surface area contributed by atoms with E-state index in [4.69, 9.17) is 11.6 Å². The summed E-state index contributed by atoms with van der Waals surface area (Å²) < 4.78 is 0. The van der Waals surface area contributed by atoms with E-state index >= 15 is 0 Å². The Labute approximate surface area is 111 Å². The van der Waals surface area contributed by atoms with E-state index in [2.05, 4.69) is 22.2 Å². The first kappa shape index (κ1) is 14.0. The van der Waals surface area contributed by atoms with Crippen LogP contribution in [-0.4, -0.2) is 11.2 Å². The highest BCUT2D eigenvalue weighted by molar-refractivity contribution is 6.64. The fourth-order valence-corrected chi connectivity index (χ4v) is 1.16. The van der Waals surface area contributed by atoms with Crippen LogP contribution in [0.5, 0.6) is 0 Å². The van der Waals surface area contributed by atoms with Crippen LogP contribution in [0.2, 0.25) is 0 Å². The lowest BCUT2D eigenvalue weighted by Crippen LogP contribution is -2.26. The van der Waals surface area contributed by atoms with Crippen LogP contribution in [-0.2, 0) is 0 Å². The van der Waals surface area contributed by atoms with Crippen molar-refractivity contribution in [2.24, 2.45) is 4.99 Å². The first-order valence-corrected chi connectivity index (χ1v) is 5.64. The summed E-state index contributed by atoms with van der Waals surface area (Å²) in [5.41, 5.74) is 1.13. The summed E-state index contributed by atoms with van der Waals surface area (Å²) >= 11 is 5.54. The molecule has 18 heavy (non-hydrogen) atoms. The third-order valence-corrected chi connectivity index (χ3v) is 1.93. The minimum atomic E-state index is -0.359. The van der Waals surface area contributed by atoms with Gasteiger partial charge in [-0.1, -0.05) is 36.4 Å². The molecule has 0 atom stereocenters. The lowest BCUT2D eigenvalue weighted by Gasteiger charge is -2.06. The van der Waals surface area contributed by atoms with Crippen molar-refractivity contribution in [3.8, 4) is 0 Å². The van der Waals surface area contributed by atoms with Crippen molar-refractivity contribution < 1.29 is 4.79 Å². The number of hydrogen-bond acceptors (Lipinski definition) is 2. The van der Waals surface area contributed by atoms with E-state index in [1.54, 1.807) is 25.1 Å². The summed E-state index contributed by atoms with van der Waals surface area (Å²) in [6.07, 6.45) is 3.02. The van der Waals surface area contributed by atoms with Crippen LogP contribution in [0.4, 0.5) is 10.5 Å². The molecular formula is C13H14ClN3O. The Bertz CT molecular complexity index is 476. The summed E-state index contributed by atoms with van der Waals surface area (Å²) in [6, 6.07) is 8.77. The predicted molar refractivity (Wildman–Crippen MR) is 75.8 cm³/mol. The highest BCUT2D eigenvalue weighted by Gasteiger charge is 2.00. The second-order valence-electron chi connectivity index (χ2n) is 3.41. The Kier molecular flexibility index (Phi) is 5.67. The van der Waals surface area contributed by atoms with Gasteiger partial charge in [-0.2, -0.15) is 0 Å². The van der Waals surface area contributed by atoms with Gasteiger partial charge in [0.2, 0.25) is 0 Å². The number of anilines is 1. The summed E-state index contributed by atoms with van der Waals surface area (Å²) in [5.74, 6) is 0. The third-order valence-electron chi connectivity index (χ3n) is 1.83. The molecule has 0 saturated heterocycles. The Morgan fingerprint density at radius 3 is 2.67 bits per heavy atom. The molecule has 1 aromatic carbocycles. The lowest BCUT2D eigenvalue weighted by atomic mass is 10.3. The topological polar surface area (TPSA) is 53.5 Å². The molecule has 2 amide bonds. The molecule has 2 N–H and O–H groups in total. The standard InChI is InChI=1S/C13H14ClN3O/c1-10(8-9-15-11(2)14)16-13(18)17-12-6-4-3-5-7-12/h3-9H,1H2,2H3,(H2,16,17,18)/b9-8-,15-11?. The lowest BCUT2D eigenvalue weighted by molar-refractivity contribution is 0.254. The summed E-state index contributed by atoms with van der Waals surface area (Å²) in [7, 11) is 0. The number of amides is 2. The van der Waals surface area contributed by atoms with Crippen LogP contribution < -0.4 is 10.6 Å². The summed E-state index contributed by atoms with van der Waals surface area (Å²) in [5, 5.41) is 5.63. The second-order valence-corrected chi connectivity index (χ2v) is 3.96. The molecule has 0 saturated carbocycles. The van der Waals surface area contributed by atoms with Gasteiger partial charge in [-0.3, -0.25) is 0 Å². The number of urea groups is 1. The summed E-state index contributed by atoms with van der Waals surface area (Å²) in [4.78, 5) is 15.4. The highest BCUT2D eigenvalue weighted by atomic mass is 35.5. The number of carbonyl (C=O) groups excluding carboxylic acids is 1. The zero-order valence-corrected chi connectivity index (χ0v) is 10.7. The Morgan fingerprint density at radius 2 is 2.06 bits per heavy atom. The van der Waals surface area contributed by atoms with Crippen LogP contribution in [0, 0.1) is 0 Å². The fraction of sp³-hybridized carbons (Fsp3) is 0.0769. The fourth-order valence-electron chi connectivity index (χ4n) is 1.10. The number of allylic oxidation sites excluding steroid dienone is 1. The zero-order chi connectivity index (χ0) is 13.4. The first-order valence-electron chi connectivity index (χ1n) is 5.26. The number of carbonyl (C=O) groups is 1. The SMILES string of the molecule is C=C(/C=C\N=C(C)Cl)NC(=O)Nc1ccccc1. The number of nitrogens with zero attached hydrogens (tertiary/aromatic N) is 1. The van der Waals surface area contributed by atoms with Gasteiger partial charge in [0, 0.05) is 17.6 Å². The minimum absolute atomic E-state index is 0.359. The zero-order valence-electron chi connectivity index (χ0n) is 9.98. The molecule has 4 nitrogen and oxygen atoms in total. The number of para-hydroxylation sites is 1. The van der Waals surface area contributed by atoms with E-state index in [1.165, 1.54) is 6.20 Å². The average molecular weight is 264 g/mol. The number of benzene rings is 1. The van der Waals surface area contributed by atoms with E-state index in [9.17, 15) is 4.79 Å². The number of aliphatic imine (C=N–C) groups is 1. The molecule has 0 fully saturated rings. The number of halogens is 1. The molecule has 5 heteroatoms. The number of nitrogens with one attached hydrogen (secondary N) is 2. The van der Waals surface area contributed by atoms with Gasteiger partial charge in [0.25, 0.3) is 0 Å². The van der Waals surface area contributed by atoms with Crippen molar-refractivity contribution in [3.63, 3.8) is 0 Å². The van der Waals surface area contributed by atoms with E-state index in [-0.39, 0.29) is 6.03 Å². The molecule has 0 bridgehead atoms. The minimum Gasteiger partial charge on any atom is -0.308 e. The van der Waals surface area contributed by atoms with Crippen molar-refractivity contribution in [2.75, 3.05) is 5.32 Å². The van der Waals surface area contributed by atoms with E-state index in [1.807, 2.05) is 18.2 Å². The maximum atomic E-state index is 11.5. The van der Waals surface area contributed by atoms with Gasteiger partial charge >= 0.3 is 6.03 Å². The van der Waals surface area contributed by atoms with E-state index in [0.717, 1.165) is 0 Å². The molecule has 0 spiro atoms. The van der Waals surface area contributed by atoms with Crippen molar-refractivity contribution in [1.29, 1.82) is 0 Å². The Hall–Kier alpha value is -2.07. The molecule has 0 radical (unpaired) electrons. The second kappa shape index (κ2) is 7.29. The molecular weight excluding hydrogens is 250 g/mol. The van der Waals surface area contributed by atoms with Crippen LogP contribution in [0.15, 0.2) is 59.9 Å². The van der Waals surface area contributed by atoms with Gasteiger partial charge in [0.05, 0.1) is 0 Å². The van der Waals surface area contributed by atoms with Gasteiger partial charge in [-0.25, -0.2) is 9.79 Å². The quantitative estimate of drug-likeness (QED) is 0.634. The van der Waals surface area contributed by atoms with Gasteiger partial charge in [-0.15, -0.1) is 0 Å². The summed E-state index contributed by atoms with van der Waals surface area (Å²) in [6.45, 7) is 5.32. The van der Waals surface area contributed by atoms with Crippen LogP contribution in [0.25, 0.3) is 0 Å². The highest BCUT2D eigenvalue weighted by Crippen LogP contribution is 2.04. The molecule has 0 heterocycles. The smallest absolute Gasteiger partial charge is 0.308 e. The van der Waals surface area contributed by atoms with E-state index < -0.39 is 0 Å². The maximum Gasteiger partial charge on any atom is 0.323 e. The van der Waals surface area contributed by atoms with Crippen LogP contribution in [0.1, 0.15) is 6.92 Å². The third kappa shape index (κ3) is 5.86. The van der Waals surface area contributed by atoms with Gasteiger partial charge in [-0.05, 0) is 25.1 Å². The molecule has 0 aliphatic rings. The van der Waals surface area contributed by atoms with Crippen molar-refractivity contribution in [2.45, 2.75) is 6.92 Å². The predicted octanol–water partition coefficient (Wildman–Crippen LogP) is 3.49. The monoisotopic (exact) mass is 263 g/mol. The van der Waals surface area contributed by atoms with E-state index in [0.29, 0.717) is 16.6 Å². The van der Waals surface area contributed by atoms with Crippen molar-refractivity contribution in [1.82, 2.24) is 5.32 Å². The van der Waals surface area contributed by atoms with Crippen molar-refractivity contribution >= 4 is 28.5 Å². The first-order chi connectivity index (χ1) is 8.58. The van der Waals surface area contributed by atoms with Gasteiger partial charge < -0.3 is 10.6 Å². The molecule has 94 valence electrons. The Morgan fingerprint density at radius 1 is 1.39 bits per heavy atom. The molecule has 0 unspecified atom stereocenters. The van der Waals surface area contributed by atoms with Crippen LogP contribution >= 0.6 is 11.6 Å². The van der Waals surface area contributed by atoms with Crippen molar-refractivity contribution in [3.05, 3.63) is 54.9 Å². The number of rotatable bonds is 4. The number of hydrogen-bond donors (Lipinski definition) is 2. The molecule has 0 aliphatic heterocycles. The molecule has 1 aromatic rings. The van der Waals surface area contributed by atoms with Gasteiger partial charge in [0.1, 0.15) is 5.17 Å². The molecule has 1 rings (SSSR count). The normalized spacial score (nSPS) is 11.3. The molecule has 0 aromatic heterocycles. The Balaban J connectivity index is 2.43. The molecule has 0 aliphatic carbocycles. The van der Waals surface area contributed by atoms with Gasteiger partial charge in [0.15, 0.2) is 0 Å². The average Bonchev–Trinajstić information content (AvgIpc) is 2.29. The largest absolute Gasteiger partial charge is 0.323 e.